The first-order valence-corrected chi connectivity index (χ1v) is 11.6. The fraction of sp³-hybridized carbons (Fsp3) is 0.957. The number of carbonyl (C=O) groups is 1. The second-order valence-electron chi connectivity index (χ2n) is 7.65. The zero-order chi connectivity index (χ0) is 20.7. The summed E-state index contributed by atoms with van der Waals surface area (Å²) in [5.74, 6) is -0.110. The van der Waals surface area contributed by atoms with Crippen molar-refractivity contribution in [2.24, 2.45) is 0 Å². The molecule has 0 saturated carbocycles. The van der Waals surface area contributed by atoms with Gasteiger partial charge in [-0.1, -0.05) is 64.7 Å². The molecule has 0 aliphatic carbocycles. The second-order valence-corrected chi connectivity index (χ2v) is 7.65. The molecular formula is C23H46O5. The van der Waals surface area contributed by atoms with Gasteiger partial charge < -0.3 is 18.9 Å². The van der Waals surface area contributed by atoms with E-state index >= 15 is 0 Å². The maximum Gasteiger partial charge on any atom is 0.305 e. The maximum absolute atomic E-state index is 11.6. The molecule has 0 N–H and O–H groups in total. The van der Waals surface area contributed by atoms with Crippen LogP contribution in [0.4, 0.5) is 0 Å². The third-order valence-electron chi connectivity index (χ3n) is 4.48. The maximum atomic E-state index is 11.6. The van der Waals surface area contributed by atoms with Crippen LogP contribution in [0.15, 0.2) is 0 Å². The van der Waals surface area contributed by atoms with E-state index in [-0.39, 0.29) is 12.1 Å². The van der Waals surface area contributed by atoms with E-state index in [1.807, 2.05) is 13.8 Å². The molecule has 28 heavy (non-hydrogen) atoms. The Kier molecular flexibility index (Phi) is 22.1. The average molecular weight is 403 g/mol. The van der Waals surface area contributed by atoms with Gasteiger partial charge >= 0.3 is 5.97 Å². The molecule has 0 aliphatic rings. The lowest BCUT2D eigenvalue weighted by molar-refractivity contribution is -0.144. The van der Waals surface area contributed by atoms with Crippen LogP contribution in [-0.2, 0) is 23.7 Å². The smallest absolute Gasteiger partial charge is 0.305 e. The van der Waals surface area contributed by atoms with Gasteiger partial charge in [0.1, 0.15) is 0 Å². The summed E-state index contributed by atoms with van der Waals surface area (Å²) in [5.41, 5.74) is 0. The molecule has 0 aromatic heterocycles. The first kappa shape index (κ1) is 27.4. The Morgan fingerprint density at radius 3 is 1.79 bits per heavy atom. The highest BCUT2D eigenvalue weighted by molar-refractivity contribution is 5.69. The fourth-order valence-electron chi connectivity index (χ4n) is 2.83. The molecule has 0 rings (SSSR count). The standard InChI is InChI=1S/C23H46O5/c1-4-5-6-7-8-9-10-11-12-13-17-28-23(24)15-14-16-25-18-19-26-20-21-27-22(2)3/h22H,4-21H2,1-3H3. The Morgan fingerprint density at radius 2 is 1.18 bits per heavy atom. The molecule has 0 spiro atoms. The number of esters is 1. The minimum Gasteiger partial charge on any atom is -0.466 e. The van der Waals surface area contributed by atoms with Gasteiger partial charge in [-0.15, -0.1) is 0 Å². The number of hydrogen-bond donors (Lipinski definition) is 0. The number of hydrogen-bond acceptors (Lipinski definition) is 5. The van der Waals surface area contributed by atoms with E-state index in [2.05, 4.69) is 6.92 Å². The largest absolute Gasteiger partial charge is 0.466 e. The third-order valence-corrected chi connectivity index (χ3v) is 4.48. The van der Waals surface area contributed by atoms with Crippen molar-refractivity contribution in [2.75, 3.05) is 39.6 Å². The van der Waals surface area contributed by atoms with Gasteiger partial charge in [0.25, 0.3) is 0 Å². The van der Waals surface area contributed by atoms with Gasteiger partial charge in [-0.25, -0.2) is 0 Å². The molecule has 0 aliphatic heterocycles. The van der Waals surface area contributed by atoms with E-state index in [1.54, 1.807) is 0 Å². The van der Waals surface area contributed by atoms with Crippen LogP contribution in [0.1, 0.15) is 97.8 Å². The summed E-state index contributed by atoms with van der Waals surface area (Å²) in [6.07, 6.45) is 14.3. The van der Waals surface area contributed by atoms with Crippen LogP contribution < -0.4 is 0 Å². The van der Waals surface area contributed by atoms with Crippen molar-refractivity contribution in [3.63, 3.8) is 0 Å². The number of unbranched alkanes of at least 4 members (excludes halogenated alkanes) is 9. The second kappa shape index (κ2) is 22.6. The topological polar surface area (TPSA) is 54.0 Å². The lowest BCUT2D eigenvalue weighted by Crippen LogP contribution is -2.13. The normalized spacial score (nSPS) is 11.3. The SMILES string of the molecule is CCCCCCCCCCCCOC(=O)CCCOCCOCCOC(C)C. The van der Waals surface area contributed by atoms with Gasteiger partial charge in [0.05, 0.1) is 39.1 Å². The molecule has 0 saturated heterocycles. The molecule has 0 bridgehead atoms. The minimum absolute atomic E-state index is 0.110. The molecule has 0 unspecified atom stereocenters. The van der Waals surface area contributed by atoms with Crippen LogP contribution in [0, 0.1) is 0 Å². The molecule has 0 fully saturated rings. The summed E-state index contributed by atoms with van der Waals surface area (Å²) < 4.78 is 21.5. The van der Waals surface area contributed by atoms with Crippen molar-refractivity contribution < 1.29 is 23.7 Å². The highest BCUT2D eigenvalue weighted by Gasteiger charge is 2.02. The quantitative estimate of drug-likeness (QED) is 0.172. The lowest BCUT2D eigenvalue weighted by Gasteiger charge is -2.08. The lowest BCUT2D eigenvalue weighted by atomic mass is 10.1. The Hall–Kier alpha value is -0.650. The summed E-state index contributed by atoms with van der Waals surface area (Å²) >= 11 is 0. The predicted octanol–water partition coefficient (Wildman–Crippen LogP) is 5.69. The first-order chi connectivity index (χ1) is 13.7. The van der Waals surface area contributed by atoms with Crippen molar-refractivity contribution >= 4 is 5.97 Å². The van der Waals surface area contributed by atoms with E-state index in [0.29, 0.717) is 52.5 Å². The first-order valence-electron chi connectivity index (χ1n) is 11.6. The monoisotopic (exact) mass is 402 g/mol. The molecule has 0 aromatic rings. The molecular weight excluding hydrogens is 356 g/mol. The minimum atomic E-state index is -0.110. The van der Waals surface area contributed by atoms with Crippen LogP contribution >= 0.6 is 0 Å². The van der Waals surface area contributed by atoms with Crippen LogP contribution in [0.5, 0.6) is 0 Å². The summed E-state index contributed by atoms with van der Waals surface area (Å²) in [6.45, 7) is 9.71. The molecule has 5 nitrogen and oxygen atoms in total. The van der Waals surface area contributed by atoms with Crippen molar-refractivity contribution in [1.29, 1.82) is 0 Å². The molecule has 0 aromatic carbocycles. The fourth-order valence-corrected chi connectivity index (χ4v) is 2.83. The van der Waals surface area contributed by atoms with E-state index in [0.717, 1.165) is 12.8 Å². The van der Waals surface area contributed by atoms with E-state index in [9.17, 15) is 4.79 Å². The van der Waals surface area contributed by atoms with Crippen LogP contribution in [0.3, 0.4) is 0 Å². The number of rotatable bonds is 22. The van der Waals surface area contributed by atoms with E-state index < -0.39 is 0 Å². The van der Waals surface area contributed by atoms with E-state index in [1.165, 1.54) is 51.4 Å². The molecule has 0 atom stereocenters. The Morgan fingerprint density at radius 1 is 0.643 bits per heavy atom. The van der Waals surface area contributed by atoms with Crippen molar-refractivity contribution in [3.8, 4) is 0 Å². The highest BCUT2D eigenvalue weighted by Crippen LogP contribution is 2.10. The van der Waals surface area contributed by atoms with Crippen LogP contribution in [-0.4, -0.2) is 51.7 Å². The summed E-state index contributed by atoms with van der Waals surface area (Å²) in [7, 11) is 0. The van der Waals surface area contributed by atoms with Crippen LogP contribution in [0.2, 0.25) is 0 Å². The van der Waals surface area contributed by atoms with Crippen molar-refractivity contribution in [3.05, 3.63) is 0 Å². The predicted molar refractivity (Wildman–Crippen MR) is 115 cm³/mol. The van der Waals surface area contributed by atoms with Crippen LogP contribution in [0.25, 0.3) is 0 Å². The molecule has 0 heterocycles. The molecule has 5 heteroatoms. The summed E-state index contributed by atoms with van der Waals surface area (Å²) in [5, 5.41) is 0. The number of ether oxygens (including phenoxy) is 4. The Labute approximate surface area is 173 Å². The Bertz CT molecular complexity index is 320. The molecule has 0 radical (unpaired) electrons. The van der Waals surface area contributed by atoms with Gasteiger partial charge in [0.2, 0.25) is 0 Å². The van der Waals surface area contributed by atoms with Gasteiger partial charge in [-0.05, 0) is 26.7 Å². The van der Waals surface area contributed by atoms with Gasteiger partial charge in [-0.2, -0.15) is 0 Å². The molecule has 168 valence electrons. The van der Waals surface area contributed by atoms with Gasteiger partial charge in [0, 0.05) is 13.0 Å². The van der Waals surface area contributed by atoms with Gasteiger partial charge in [0.15, 0.2) is 0 Å². The summed E-state index contributed by atoms with van der Waals surface area (Å²) in [4.78, 5) is 11.6. The van der Waals surface area contributed by atoms with Gasteiger partial charge in [-0.3, -0.25) is 4.79 Å². The average Bonchev–Trinajstić information content (AvgIpc) is 2.67. The van der Waals surface area contributed by atoms with E-state index in [4.69, 9.17) is 18.9 Å². The van der Waals surface area contributed by atoms with Crippen molar-refractivity contribution in [1.82, 2.24) is 0 Å². The van der Waals surface area contributed by atoms with Crippen molar-refractivity contribution in [2.45, 2.75) is 104 Å². The molecule has 0 amide bonds. The highest BCUT2D eigenvalue weighted by atomic mass is 16.5. The number of carbonyl (C=O) groups excluding carboxylic acids is 1. The Balaban J connectivity index is 3.15. The zero-order valence-electron chi connectivity index (χ0n) is 18.8. The third kappa shape index (κ3) is 23.4. The summed E-state index contributed by atoms with van der Waals surface area (Å²) in [6, 6.07) is 0. The zero-order valence-corrected chi connectivity index (χ0v) is 18.8.